The van der Waals surface area contributed by atoms with Gasteiger partial charge >= 0.3 is 0 Å². The summed E-state index contributed by atoms with van der Waals surface area (Å²) in [6.07, 6.45) is 9.44. The lowest BCUT2D eigenvalue weighted by molar-refractivity contribution is 0.457. The first-order chi connectivity index (χ1) is 7.80. The van der Waals surface area contributed by atoms with Gasteiger partial charge < -0.3 is 0 Å². The highest BCUT2D eigenvalue weighted by Gasteiger charge is 2.07. The third kappa shape index (κ3) is 4.34. The molecule has 0 aliphatic heterocycles. The molecule has 1 nitrogen and oxygen atoms in total. The van der Waals surface area contributed by atoms with E-state index in [0.29, 0.717) is 0 Å². The Hall–Kier alpha value is -0.850. The lowest BCUT2D eigenvalue weighted by atomic mass is 9.95. The Morgan fingerprint density at radius 2 is 1.94 bits per heavy atom. The maximum Gasteiger partial charge on any atom is 0.0406 e. The zero-order valence-corrected chi connectivity index (χ0v) is 11.0. The number of pyridine rings is 1. The van der Waals surface area contributed by atoms with Gasteiger partial charge in [-0.1, -0.05) is 52.5 Å². The van der Waals surface area contributed by atoms with Crippen molar-refractivity contribution in [1.29, 1.82) is 0 Å². The number of hydrogen-bond acceptors (Lipinski definition) is 1. The lowest BCUT2D eigenvalue weighted by Gasteiger charge is -2.13. The Labute approximate surface area is 100 Å². The van der Waals surface area contributed by atoms with E-state index in [4.69, 9.17) is 0 Å². The van der Waals surface area contributed by atoms with Gasteiger partial charge in [-0.25, -0.2) is 0 Å². The molecule has 1 heterocycles. The molecular weight excluding hydrogens is 194 g/mol. The molecule has 1 unspecified atom stereocenters. The van der Waals surface area contributed by atoms with E-state index in [1.165, 1.54) is 36.9 Å². The molecule has 16 heavy (non-hydrogen) atoms. The standard InChI is InChI=1S/C15H25N/c1-4-7-13(6-3)11-15-10-9-14(8-5-2)12-16-15/h9-10,12-13H,4-8,11H2,1-3H3. The molecule has 0 spiro atoms. The molecule has 1 rings (SSSR count). The molecule has 0 N–H and O–H groups in total. The van der Waals surface area contributed by atoms with E-state index in [-0.39, 0.29) is 0 Å². The van der Waals surface area contributed by atoms with Gasteiger partial charge in [0, 0.05) is 11.9 Å². The maximum absolute atomic E-state index is 4.57. The fourth-order valence-electron chi connectivity index (χ4n) is 2.17. The summed E-state index contributed by atoms with van der Waals surface area (Å²) in [5.74, 6) is 0.814. The van der Waals surface area contributed by atoms with Gasteiger partial charge in [-0.2, -0.15) is 0 Å². The molecule has 0 aliphatic carbocycles. The minimum atomic E-state index is 0.814. The van der Waals surface area contributed by atoms with Gasteiger partial charge in [-0.3, -0.25) is 4.98 Å². The minimum absolute atomic E-state index is 0.814. The van der Waals surface area contributed by atoms with Crippen LogP contribution in [0.25, 0.3) is 0 Å². The first kappa shape index (κ1) is 13.2. The molecule has 1 atom stereocenters. The van der Waals surface area contributed by atoms with Crippen molar-refractivity contribution >= 4 is 0 Å². The van der Waals surface area contributed by atoms with Crippen LogP contribution in [0.15, 0.2) is 18.3 Å². The molecule has 0 fully saturated rings. The molecule has 0 bridgehead atoms. The second kappa shape index (κ2) is 7.43. The molecule has 0 amide bonds. The van der Waals surface area contributed by atoms with Gasteiger partial charge in [-0.05, 0) is 30.4 Å². The summed E-state index contributed by atoms with van der Waals surface area (Å²) < 4.78 is 0. The normalized spacial score (nSPS) is 12.7. The van der Waals surface area contributed by atoms with Crippen LogP contribution < -0.4 is 0 Å². The van der Waals surface area contributed by atoms with E-state index < -0.39 is 0 Å². The summed E-state index contributed by atoms with van der Waals surface area (Å²) in [7, 11) is 0. The summed E-state index contributed by atoms with van der Waals surface area (Å²) >= 11 is 0. The van der Waals surface area contributed by atoms with Crippen molar-refractivity contribution in [3.8, 4) is 0 Å². The topological polar surface area (TPSA) is 12.9 Å². The number of aromatic nitrogens is 1. The van der Waals surface area contributed by atoms with Crippen molar-refractivity contribution in [2.45, 2.75) is 59.3 Å². The Kier molecular flexibility index (Phi) is 6.14. The summed E-state index contributed by atoms with van der Waals surface area (Å²) in [6.45, 7) is 6.76. The summed E-state index contributed by atoms with van der Waals surface area (Å²) in [5.41, 5.74) is 2.63. The van der Waals surface area contributed by atoms with Crippen LogP contribution in [-0.4, -0.2) is 4.98 Å². The van der Waals surface area contributed by atoms with Gasteiger partial charge in [0.1, 0.15) is 0 Å². The zero-order chi connectivity index (χ0) is 11.8. The van der Waals surface area contributed by atoms with Crippen molar-refractivity contribution in [3.05, 3.63) is 29.6 Å². The second-order valence-corrected chi connectivity index (χ2v) is 4.67. The van der Waals surface area contributed by atoms with Crippen LogP contribution >= 0.6 is 0 Å². The first-order valence-corrected chi connectivity index (χ1v) is 6.73. The molecule has 1 aromatic rings. The predicted octanol–water partition coefficient (Wildman–Crippen LogP) is 4.40. The van der Waals surface area contributed by atoms with Crippen molar-refractivity contribution < 1.29 is 0 Å². The van der Waals surface area contributed by atoms with Gasteiger partial charge in [0.05, 0.1) is 0 Å². The summed E-state index contributed by atoms with van der Waals surface area (Å²) in [6, 6.07) is 4.45. The summed E-state index contributed by atoms with van der Waals surface area (Å²) in [5, 5.41) is 0. The molecule has 0 saturated carbocycles. The first-order valence-electron chi connectivity index (χ1n) is 6.73. The highest BCUT2D eigenvalue weighted by molar-refractivity contribution is 5.14. The second-order valence-electron chi connectivity index (χ2n) is 4.67. The monoisotopic (exact) mass is 219 g/mol. The molecular formula is C15H25N. The summed E-state index contributed by atoms with van der Waals surface area (Å²) in [4.78, 5) is 4.57. The molecule has 1 aromatic heterocycles. The molecule has 90 valence electrons. The Morgan fingerprint density at radius 3 is 2.44 bits per heavy atom. The fraction of sp³-hybridized carbons (Fsp3) is 0.667. The van der Waals surface area contributed by atoms with Crippen LogP contribution in [0.5, 0.6) is 0 Å². The van der Waals surface area contributed by atoms with Gasteiger partial charge in [-0.15, -0.1) is 0 Å². The van der Waals surface area contributed by atoms with Crippen molar-refractivity contribution in [3.63, 3.8) is 0 Å². The number of nitrogens with zero attached hydrogens (tertiary/aromatic N) is 1. The third-order valence-electron chi connectivity index (χ3n) is 3.20. The molecule has 0 saturated heterocycles. The van der Waals surface area contributed by atoms with E-state index >= 15 is 0 Å². The van der Waals surface area contributed by atoms with E-state index in [9.17, 15) is 0 Å². The van der Waals surface area contributed by atoms with Crippen LogP contribution in [0.2, 0.25) is 0 Å². The third-order valence-corrected chi connectivity index (χ3v) is 3.20. The quantitative estimate of drug-likeness (QED) is 0.662. The van der Waals surface area contributed by atoms with Crippen molar-refractivity contribution in [2.24, 2.45) is 5.92 Å². The SMILES string of the molecule is CCCc1ccc(CC(CC)CCC)nc1. The maximum atomic E-state index is 4.57. The largest absolute Gasteiger partial charge is 0.261 e. The highest BCUT2D eigenvalue weighted by atomic mass is 14.7. The van der Waals surface area contributed by atoms with Crippen LogP contribution in [0.1, 0.15) is 57.7 Å². The van der Waals surface area contributed by atoms with Crippen LogP contribution in [-0.2, 0) is 12.8 Å². The number of hydrogen-bond donors (Lipinski definition) is 0. The van der Waals surface area contributed by atoms with Crippen LogP contribution in [0.3, 0.4) is 0 Å². The van der Waals surface area contributed by atoms with Crippen molar-refractivity contribution in [1.82, 2.24) is 4.98 Å². The van der Waals surface area contributed by atoms with Crippen LogP contribution in [0, 0.1) is 5.92 Å². The minimum Gasteiger partial charge on any atom is -0.261 e. The molecule has 0 aromatic carbocycles. The number of rotatable bonds is 7. The Balaban J connectivity index is 2.53. The zero-order valence-electron chi connectivity index (χ0n) is 11.0. The molecule has 1 heteroatoms. The predicted molar refractivity (Wildman–Crippen MR) is 70.6 cm³/mol. The van der Waals surface area contributed by atoms with Crippen LogP contribution in [0.4, 0.5) is 0 Å². The van der Waals surface area contributed by atoms with Crippen molar-refractivity contribution in [2.75, 3.05) is 0 Å². The van der Waals surface area contributed by atoms with E-state index in [2.05, 4.69) is 44.1 Å². The lowest BCUT2D eigenvalue weighted by Crippen LogP contribution is -2.04. The Morgan fingerprint density at radius 1 is 1.12 bits per heavy atom. The van der Waals surface area contributed by atoms with E-state index in [0.717, 1.165) is 18.8 Å². The smallest absolute Gasteiger partial charge is 0.0406 e. The molecule has 0 aliphatic rings. The van der Waals surface area contributed by atoms with Gasteiger partial charge in [0.25, 0.3) is 0 Å². The Bertz CT molecular complexity index is 276. The average molecular weight is 219 g/mol. The van der Waals surface area contributed by atoms with E-state index in [1.807, 2.05) is 0 Å². The van der Waals surface area contributed by atoms with Gasteiger partial charge in [0.2, 0.25) is 0 Å². The van der Waals surface area contributed by atoms with E-state index in [1.54, 1.807) is 0 Å². The number of aryl methyl sites for hydroxylation is 1. The average Bonchev–Trinajstić information content (AvgIpc) is 2.31. The fourth-order valence-corrected chi connectivity index (χ4v) is 2.17. The van der Waals surface area contributed by atoms with Gasteiger partial charge in [0.15, 0.2) is 0 Å². The highest BCUT2D eigenvalue weighted by Crippen LogP contribution is 2.16. The molecule has 0 radical (unpaired) electrons.